The van der Waals surface area contributed by atoms with E-state index in [1.165, 1.54) is 12.1 Å². The summed E-state index contributed by atoms with van der Waals surface area (Å²) in [5, 5.41) is 3.36. The van der Waals surface area contributed by atoms with Crippen LogP contribution in [0, 0.1) is 5.82 Å². The van der Waals surface area contributed by atoms with Crippen molar-refractivity contribution in [1.82, 2.24) is 5.32 Å². The Bertz CT molecular complexity index is 464. The van der Waals surface area contributed by atoms with E-state index in [0.29, 0.717) is 11.7 Å². The molecule has 0 bridgehead atoms. The molecule has 98 valence electrons. The van der Waals surface area contributed by atoms with Gasteiger partial charge in [-0.1, -0.05) is 0 Å². The standard InChI is InChI=1S/C13H18FN3O/c1-8-7-17(9(2)6-16-8)12-4-3-10(14)5-11(12)13(15)18/h3-5,8-9,16H,6-7H2,1-2H3,(H2,15,18). The second kappa shape index (κ2) is 4.94. The van der Waals surface area contributed by atoms with Crippen LogP contribution in [0.3, 0.4) is 0 Å². The van der Waals surface area contributed by atoms with Crippen molar-refractivity contribution in [2.45, 2.75) is 25.9 Å². The Balaban J connectivity index is 2.40. The maximum absolute atomic E-state index is 13.2. The van der Waals surface area contributed by atoms with Crippen LogP contribution in [0.4, 0.5) is 10.1 Å². The molecule has 1 heterocycles. The number of rotatable bonds is 2. The summed E-state index contributed by atoms with van der Waals surface area (Å²) in [5.41, 5.74) is 6.28. The normalized spacial score (nSPS) is 24.1. The van der Waals surface area contributed by atoms with E-state index < -0.39 is 11.7 Å². The van der Waals surface area contributed by atoms with Gasteiger partial charge in [-0.15, -0.1) is 0 Å². The molecule has 5 heteroatoms. The summed E-state index contributed by atoms with van der Waals surface area (Å²) in [5.74, 6) is -1.04. The van der Waals surface area contributed by atoms with Gasteiger partial charge in [-0.25, -0.2) is 4.39 Å². The second-order valence-corrected chi connectivity index (χ2v) is 4.84. The van der Waals surface area contributed by atoms with Crippen molar-refractivity contribution in [2.24, 2.45) is 5.73 Å². The number of nitrogens with one attached hydrogen (secondary N) is 1. The maximum Gasteiger partial charge on any atom is 0.250 e. The Hall–Kier alpha value is -1.62. The summed E-state index contributed by atoms with van der Waals surface area (Å²) in [7, 11) is 0. The number of primary amides is 1. The van der Waals surface area contributed by atoms with E-state index in [9.17, 15) is 9.18 Å². The highest BCUT2D eigenvalue weighted by Crippen LogP contribution is 2.25. The van der Waals surface area contributed by atoms with Gasteiger partial charge in [-0.3, -0.25) is 4.79 Å². The lowest BCUT2D eigenvalue weighted by atomic mass is 10.1. The zero-order valence-electron chi connectivity index (χ0n) is 10.6. The van der Waals surface area contributed by atoms with Crippen LogP contribution in [0.25, 0.3) is 0 Å². The topological polar surface area (TPSA) is 58.4 Å². The Morgan fingerprint density at radius 1 is 1.50 bits per heavy atom. The third-order valence-corrected chi connectivity index (χ3v) is 3.30. The van der Waals surface area contributed by atoms with Gasteiger partial charge in [0.05, 0.1) is 11.3 Å². The number of amides is 1. The molecule has 1 fully saturated rings. The number of hydrogen-bond donors (Lipinski definition) is 2. The van der Waals surface area contributed by atoms with Gasteiger partial charge in [0.1, 0.15) is 5.82 Å². The van der Waals surface area contributed by atoms with Gasteiger partial charge < -0.3 is 16.0 Å². The predicted molar refractivity (Wildman–Crippen MR) is 69.2 cm³/mol. The lowest BCUT2D eigenvalue weighted by Gasteiger charge is -2.40. The van der Waals surface area contributed by atoms with Gasteiger partial charge >= 0.3 is 0 Å². The Labute approximate surface area is 106 Å². The second-order valence-electron chi connectivity index (χ2n) is 4.84. The fourth-order valence-corrected chi connectivity index (χ4v) is 2.31. The van der Waals surface area contributed by atoms with E-state index in [1.807, 2.05) is 0 Å². The Kier molecular flexibility index (Phi) is 3.52. The molecule has 2 atom stereocenters. The molecule has 0 aromatic heterocycles. The number of nitrogens with zero attached hydrogens (tertiary/aromatic N) is 1. The number of halogens is 1. The van der Waals surface area contributed by atoms with Crippen molar-refractivity contribution in [1.29, 1.82) is 0 Å². The van der Waals surface area contributed by atoms with Crippen molar-refractivity contribution in [3.63, 3.8) is 0 Å². The first-order valence-electron chi connectivity index (χ1n) is 6.08. The maximum atomic E-state index is 13.2. The minimum atomic E-state index is -0.595. The number of anilines is 1. The zero-order chi connectivity index (χ0) is 13.3. The number of benzene rings is 1. The fraction of sp³-hybridized carbons (Fsp3) is 0.462. The minimum Gasteiger partial charge on any atom is -0.366 e. The first-order valence-corrected chi connectivity index (χ1v) is 6.08. The van der Waals surface area contributed by atoms with Crippen LogP contribution >= 0.6 is 0 Å². The summed E-state index contributed by atoms with van der Waals surface area (Å²) in [6.07, 6.45) is 0. The molecule has 1 saturated heterocycles. The molecule has 18 heavy (non-hydrogen) atoms. The summed E-state index contributed by atoms with van der Waals surface area (Å²) >= 11 is 0. The highest BCUT2D eigenvalue weighted by atomic mass is 19.1. The molecule has 0 saturated carbocycles. The fourth-order valence-electron chi connectivity index (χ4n) is 2.31. The number of piperazine rings is 1. The van der Waals surface area contributed by atoms with Crippen LogP contribution in [-0.4, -0.2) is 31.1 Å². The van der Waals surface area contributed by atoms with Gasteiger partial charge in [-0.2, -0.15) is 0 Å². The van der Waals surface area contributed by atoms with Gasteiger partial charge in [0.2, 0.25) is 0 Å². The van der Waals surface area contributed by atoms with Crippen LogP contribution in [0.2, 0.25) is 0 Å². The third-order valence-electron chi connectivity index (χ3n) is 3.30. The van der Waals surface area contributed by atoms with Crippen molar-refractivity contribution < 1.29 is 9.18 Å². The molecule has 0 spiro atoms. The van der Waals surface area contributed by atoms with Gasteiger partial charge in [0.15, 0.2) is 0 Å². The van der Waals surface area contributed by atoms with Crippen LogP contribution in [0.5, 0.6) is 0 Å². The molecule has 1 aromatic carbocycles. The van der Waals surface area contributed by atoms with Gasteiger partial charge in [0, 0.05) is 25.2 Å². The number of carbonyl (C=O) groups is 1. The molecule has 1 aliphatic rings. The molecule has 2 unspecified atom stereocenters. The molecule has 1 aliphatic heterocycles. The molecular formula is C13H18FN3O. The molecule has 2 rings (SSSR count). The first kappa shape index (κ1) is 12.8. The van der Waals surface area contributed by atoms with E-state index in [1.54, 1.807) is 6.07 Å². The summed E-state index contributed by atoms with van der Waals surface area (Å²) in [4.78, 5) is 13.5. The smallest absolute Gasteiger partial charge is 0.250 e. The number of nitrogens with two attached hydrogens (primary N) is 1. The average molecular weight is 251 g/mol. The van der Waals surface area contributed by atoms with E-state index >= 15 is 0 Å². The largest absolute Gasteiger partial charge is 0.366 e. The summed E-state index contributed by atoms with van der Waals surface area (Å²) < 4.78 is 13.2. The Morgan fingerprint density at radius 3 is 2.89 bits per heavy atom. The van der Waals surface area contributed by atoms with Crippen molar-refractivity contribution in [3.8, 4) is 0 Å². The summed E-state index contributed by atoms with van der Waals surface area (Å²) in [6.45, 7) is 5.74. The molecule has 1 aromatic rings. The molecule has 0 radical (unpaired) electrons. The number of hydrogen-bond acceptors (Lipinski definition) is 3. The molecular weight excluding hydrogens is 233 g/mol. The molecule has 0 aliphatic carbocycles. The quantitative estimate of drug-likeness (QED) is 0.828. The van der Waals surface area contributed by atoms with Gasteiger partial charge in [0.25, 0.3) is 5.91 Å². The lowest BCUT2D eigenvalue weighted by Crippen LogP contribution is -2.54. The minimum absolute atomic E-state index is 0.241. The van der Waals surface area contributed by atoms with Crippen LogP contribution in [0.15, 0.2) is 18.2 Å². The van der Waals surface area contributed by atoms with Crippen LogP contribution in [0.1, 0.15) is 24.2 Å². The van der Waals surface area contributed by atoms with Crippen LogP contribution < -0.4 is 16.0 Å². The highest BCUT2D eigenvalue weighted by molar-refractivity contribution is 5.98. The first-order chi connectivity index (χ1) is 8.49. The lowest BCUT2D eigenvalue weighted by molar-refractivity contribution is 0.1000. The molecule has 4 nitrogen and oxygen atoms in total. The van der Waals surface area contributed by atoms with E-state index in [2.05, 4.69) is 24.1 Å². The van der Waals surface area contributed by atoms with E-state index in [4.69, 9.17) is 5.73 Å². The van der Waals surface area contributed by atoms with Crippen molar-refractivity contribution in [3.05, 3.63) is 29.6 Å². The van der Waals surface area contributed by atoms with E-state index in [-0.39, 0.29) is 11.6 Å². The third kappa shape index (κ3) is 2.46. The average Bonchev–Trinajstić information content (AvgIpc) is 2.32. The molecule has 1 amide bonds. The summed E-state index contributed by atoms with van der Waals surface area (Å²) in [6, 6.07) is 4.76. The Morgan fingerprint density at radius 2 is 2.22 bits per heavy atom. The number of carbonyl (C=O) groups excluding carboxylic acids is 1. The van der Waals surface area contributed by atoms with Gasteiger partial charge in [-0.05, 0) is 32.0 Å². The van der Waals surface area contributed by atoms with Crippen molar-refractivity contribution >= 4 is 11.6 Å². The predicted octanol–water partition coefficient (Wildman–Crippen LogP) is 1.11. The van der Waals surface area contributed by atoms with Crippen LogP contribution in [-0.2, 0) is 0 Å². The van der Waals surface area contributed by atoms with Crippen molar-refractivity contribution in [2.75, 3.05) is 18.0 Å². The monoisotopic (exact) mass is 251 g/mol. The zero-order valence-corrected chi connectivity index (χ0v) is 10.6. The SMILES string of the molecule is CC1CN(c2ccc(F)cc2C(N)=O)C(C)CN1. The molecule has 3 N–H and O–H groups in total. The van der Waals surface area contributed by atoms with E-state index in [0.717, 1.165) is 13.1 Å². The highest BCUT2D eigenvalue weighted by Gasteiger charge is 2.25.